The molecule has 0 aliphatic heterocycles. The fourth-order valence-electron chi connectivity index (χ4n) is 2.10. The largest absolute Gasteiger partial charge is 0.481 e. The van der Waals surface area contributed by atoms with E-state index in [1.807, 2.05) is 0 Å². The van der Waals surface area contributed by atoms with Gasteiger partial charge < -0.3 is 10.4 Å². The molecule has 1 aromatic rings. The third-order valence-corrected chi connectivity index (χ3v) is 3.82. The van der Waals surface area contributed by atoms with Crippen LogP contribution in [0.15, 0.2) is 0 Å². The lowest BCUT2D eigenvalue weighted by atomic mass is 10.2. The van der Waals surface area contributed by atoms with E-state index in [0.717, 1.165) is 30.8 Å². The fourth-order valence-corrected chi connectivity index (χ4v) is 3.16. The van der Waals surface area contributed by atoms with Crippen LogP contribution in [0.25, 0.3) is 0 Å². The normalized spacial score (nSPS) is 10.9. The van der Waals surface area contributed by atoms with Crippen molar-refractivity contribution in [3.8, 4) is 0 Å². The number of amides is 1. The predicted octanol–water partition coefficient (Wildman–Crippen LogP) is 2.35. The highest BCUT2D eigenvalue weighted by Gasteiger charge is 2.17. The van der Waals surface area contributed by atoms with Gasteiger partial charge in [0.1, 0.15) is 0 Å². The van der Waals surface area contributed by atoms with E-state index in [2.05, 4.69) is 29.0 Å². The van der Waals surface area contributed by atoms with Gasteiger partial charge in [-0.3, -0.25) is 14.5 Å². The van der Waals surface area contributed by atoms with Gasteiger partial charge in [-0.05, 0) is 25.9 Å². The lowest BCUT2D eigenvalue weighted by Gasteiger charge is -2.20. The van der Waals surface area contributed by atoms with Gasteiger partial charge in [-0.2, -0.15) is 0 Å². The molecule has 21 heavy (non-hydrogen) atoms. The van der Waals surface area contributed by atoms with Crippen molar-refractivity contribution in [2.24, 2.45) is 0 Å². The third kappa shape index (κ3) is 6.22. The minimum absolute atomic E-state index is 0.114. The standard InChI is InChI=1S/C14H23N3O3S/c1-4-6-17(7-5-2)9-12-11(8-13(19)20)16-14(21-12)15-10(3)18/h4-9H2,1-3H3,(H,19,20)(H,15,16,18). The van der Waals surface area contributed by atoms with Crippen LogP contribution in [0.3, 0.4) is 0 Å². The summed E-state index contributed by atoms with van der Waals surface area (Å²) in [7, 11) is 0. The minimum Gasteiger partial charge on any atom is -0.481 e. The summed E-state index contributed by atoms with van der Waals surface area (Å²) in [5, 5.41) is 12.1. The summed E-state index contributed by atoms with van der Waals surface area (Å²) in [6.45, 7) is 8.27. The van der Waals surface area contributed by atoms with Crippen molar-refractivity contribution in [2.45, 2.75) is 46.6 Å². The van der Waals surface area contributed by atoms with E-state index in [0.29, 0.717) is 17.4 Å². The summed E-state index contributed by atoms with van der Waals surface area (Å²) in [5.41, 5.74) is 0.549. The molecule has 2 N–H and O–H groups in total. The number of hydrogen-bond donors (Lipinski definition) is 2. The van der Waals surface area contributed by atoms with Crippen LogP contribution >= 0.6 is 11.3 Å². The zero-order valence-corrected chi connectivity index (χ0v) is 13.6. The molecular weight excluding hydrogens is 290 g/mol. The molecule has 1 heterocycles. The molecule has 0 atom stereocenters. The molecule has 0 spiro atoms. The second-order valence-electron chi connectivity index (χ2n) is 4.92. The van der Waals surface area contributed by atoms with Gasteiger partial charge in [0, 0.05) is 18.3 Å². The highest BCUT2D eigenvalue weighted by molar-refractivity contribution is 7.15. The van der Waals surface area contributed by atoms with Crippen LogP contribution in [-0.4, -0.2) is 40.0 Å². The monoisotopic (exact) mass is 313 g/mol. The number of carboxylic acid groups (broad SMARTS) is 1. The van der Waals surface area contributed by atoms with Crippen LogP contribution in [-0.2, 0) is 22.6 Å². The van der Waals surface area contributed by atoms with Crippen LogP contribution in [0.1, 0.15) is 44.2 Å². The smallest absolute Gasteiger partial charge is 0.309 e. The number of nitrogens with zero attached hydrogens (tertiary/aromatic N) is 2. The van der Waals surface area contributed by atoms with Gasteiger partial charge in [0.2, 0.25) is 5.91 Å². The molecule has 1 rings (SSSR count). The minimum atomic E-state index is -0.909. The van der Waals surface area contributed by atoms with Gasteiger partial charge in [-0.15, -0.1) is 11.3 Å². The number of aromatic nitrogens is 1. The topological polar surface area (TPSA) is 82.5 Å². The molecule has 118 valence electrons. The first-order valence-corrected chi connectivity index (χ1v) is 7.98. The van der Waals surface area contributed by atoms with Gasteiger partial charge in [-0.25, -0.2) is 4.98 Å². The van der Waals surface area contributed by atoms with Crippen LogP contribution in [0.4, 0.5) is 5.13 Å². The maximum absolute atomic E-state index is 11.1. The van der Waals surface area contributed by atoms with E-state index in [9.17, 15) is 9.59 Å². The first-order chi connectivity index (χ1) is 9.96. The summed E-state index contributed by atoms with van der Waals surface area (Å²) in [4.78, 5) is 29.5. The van der Waals surface area contributed by atoms with E-state index in [1.165, 1.54) is 18.3 Å². The van der Waals surface area contributed by atoms with Crippen molar-refractivity contribution in [3.63, 3.8) is 0 Å². The van der Waals surface area contributed by atoms with E-state index >= 15 is 0 Å². The van der Waals surface area contributed by atoms with Crippen molar-refractivity contribution >= 4 is 28.3 Å². The van der Waals surface area contributed by atoms with Gasteiger partial charge in [0.05, 0.1) is 12.1 Å². The van der Waals surface area contributed by atoms with Gasteiger partial charge in [-0.1, -0.05) is 13.8 Å². The number of nitrogens with one attached hydrogen (secondary N) is 1. The Morgan fingerprint density at radius 1 is 1.29 bits per heavy atom. The number of carboxylic acids is 1. The van der Waals surface area contributed by atoms with Crippen LogP contribution in [0.2, 0.25) is 0 Å². The van der Waals surface area contributed by atoms with E-state index in [-0.39, 0.29) is 12.3 Å². The average Bonchev–Trinajstić information content (AvgIpc) is 2.69. The van der Waals surface area contributed by atoms with Crippen LogP contribution in [0.5, 0.6) is 0 Å². The van der Waals surface area contributed by atoms with Crippen molar-refractivity contribution in [1.82, 2.24) is 9.88 Å². The number of carbonyl (C=O) groups is 2. The van der Waals surface area contributed by atoms with Gasteiger partial charge in [0.15, 0.2) is 5.13 Å². The molecule has 0 aliphatic rings. The zero-order chi connectivity index (χ0) is 15.8. The summed E-state index contributed by atoms with van der Waals surface area (Å²) >= 11 is 1.36. The van der Waals surface area contributed by atoms with Crippen molar-refractivity contribution in [2.75, 3.05) is 18.4 Å². The highest BCUT2D eigenvalue weighted by Crippen LogP contribution is 2.25. The Morgan fingerprint density at radius 2 is 1.90 bits per heavy atom. The number of rotatable bonds is 9. The molecule has 6 nitrogen and oxygen atoms in total. The Bertz CT molecular complexity index is 482. The molecule has 1 aromatic heterocycles. The maximum atomic E-state index is 11.1. The first kappa shape index (κ1) is 17.6. The molecular formula is C14H23N3O3S. The summed E-state index contributed by atoms with van der Waals surface area (Å²) in [5.74, 6) is -1.11. The lowest BCUT2D eigenvalue weighted by Crippen LogP contribution is -2.25. The first-order valence-electron chi connectivity index (χ1n) is 7.16. The fraction of sp³-hybridized carbons (Fsp3) is 0.643. The molecule has 0 saturated carbocycles. The molecule has 0 fully saturated rings. The molecule has 0 radical (unpaired) electrons. The number of anilines is 1. The lowest BCUT2D eigenvalue weighted by molar-refractivity contribution is -0.136. The van der Waals surface area contributed by atoms with Crippen molar-refractivity contribution in [1.29, 1.82) is 0 Å². The van der Waals surface area contributed by atoms with Crippen molar-refractivity contribution in [3.05, 3.63) is 10.6 Å². The van der Waals surface area contributed by atoms with E-state index < -0.39 is 5.97 Å². The Labute approximate surface area is 129 Å². The number of aliphatic carboxylic acids is 1. The van der Waals surface area contributed by atoms with E-state index in [1.54, 1.807) is 0 Å². The molecule has 0 unspecified atom stereocenters. The molecule has 7 heteroatoms. The molecule has 0 saturated heterocycles. The zero-order valence-electron chi connectivity index (χ0n) is 12.8. The van der Waals surface area contributed by atoms with Crippen molar-refractivity contribution < 1.29 is 14.7 Å². The van der Waals surface area contributed by atoms with Gasteiger partial charge in [0.25, 0.3) is 0 Å². The predicted molar refractivity (Wildman–Crippen MR) is 83.6 cm³/mol. The molecule has 0 bridgehead atoms. The average molecular weight is 313 g/mol. The third-order valence-electron chi connectivity index (χ3n) is 2.83. The molecule has 0 aromatic carbocycles. The van der Waals surface area contributed by atoms with Crippen LogP contribution < -0.4 is 5.32 Å². The van der Waals surface area contributed by atoms with E-state index in [4.69, 9.17) is 5.11 Å². The second-order valence-corrected chi connectivity index (χ2v) is 6.00. The Kier molecular flexibility index (Phi) is 7.31. The maximum Gasteiger partial charge on any atom is 0.309 e. The Balaban J connectivity index is 2.92. The Morgan fingerprint density at radius 3 is 2.38 bits per heavy atom. The second kappa shape index (κ2) is 8.74. The molecule has 1 amide bonds. The summed E-state index contributed by atoms with van der Waals surface area (Å²) in [6, 6.07) is 0. The number of hydrogen-bond acceptors (Lipinski definition) is 5. The van der Waals surface area contributed by atoms with Gasteiger partial charge >= 0.3 is 5.97 Å². The summed E-state index contributed by atoms with van der Waals surface area (Å²) in [6.07, 6.45) is 1.98. The SMILES string of the molecule is CCCN(CCC)Cc1sc(NC(C)=O)nc1CC(=O)O. The molecule has 0 aliphatic carbocycles. The summed E-state index contributed by atoms with van der Waals surface area (Å²) < 4.78 is 0. The quantitative estimate of drug-likeness (QED) is 0.731. The highest BCUT2D eigenvalue weighted by atomic mass is 32.1. The Hall–Kier alpha value is -1.47. The van der Waals surface area contributed by atoms with Crippen LogP contribution in [0, 0.1) is 0 Å². The number of carbonyl (C=O) groups excluding carboxylic acids is 1. The number of thiazole rings is 1.